The lowest BCUT2D eigenvalue weighted by molar-refractivity contribution is -0.126. The van der Waals surface area contributed by atoms with Gasteiger partial charge in [-0.15, -0.1) is 0 Å². The van der Waals surface area contributed by atoms with Crippen molar-refractivity contribution in [3.8, 4) is 0 Å². The van der Waals surface area contributed by atoms with Crippen LogP contribution < -0.4 is 10.2 Å². The van der Waals surface area contributed by atoms with E-state index in [9.17, 15) is 13.2 Å². The summed E-state index contributed by atoms with van der Waals surface area (Å²) in [5, 5.41) is 2.98. The monoisotopic (exact) mass is 416 g/mol. The number of anilines is 1. The number of aryl methyl sites for hydroxylation is 1. The summed E-state index contributed by atoms with van der Waals surface area (Å²) in [4.78, 5) is 19.2. The van der Waals surface area contributed by atoms with Gasteiger partial charge in [0.05, 0.1) is 4.90 Å². The van der Waals surface area contributed by atoms with Gasteiger partial charge in [-0.05, 0) is 38.0 Å². The van der Waals surface area contributed by atoms with Gasteiger partial charge in [0, 0.05) is 51.4 Å². The third kappa shape index (κ3) is 4.94. The van der Waals surface area contributed by atoms with Crippen molar-refractivity contribution in [1.82, 2.24) is 14.6 Å². The molecule has 1 aliphatic heterocycles. The Labute approximate surface area is 172 Å². The number of nitrogens with zero attached hydrogens (tertiary/aromatic N) is 3. The van der Waals surface area contributed by atoms with Crippen LogP contribution in [0, 0.1) is 12.8 Å². The third-order valence-corrected chi connectivity index (χ3v) is 7.14. The molecule has 1 fully saturated rings. The number of rotatable bonds is 6. The van der Waals surface area contributed by atoms with E-state index in [0.717, 1.165) is 16.9 Å². The van der Waals surface area contributed by atoms with Gasteiger partial charge in [0.2, 0.25) is 15.9 Å². The van der Waals surface area contributed by atoms with Gasteiger partial charge in [-0.2, -0.15) is 4.31 Å². The highest BCUT2D eigenvalue weighted by Gasteiger charge is 2.32. The van der Waals surface area contributed by atoms with Crippen LogP contribution in [0.25, 0.3) is 0 Å². The predicted octanol–water partition coefficient (Wildman–Crippen LogP) is 2.17. The first kappa shape index (κ1) is 21.3. The molecule has 0 atom stereocenters. The molecule has 8 heteroatoms. The molecule has 1 saturated heterocycles. The predicted molar refractivity (Wildman–Crippen MR) is 113 cm³/mol. The summed E-state index contributed by atoms with van der Waals surface area (Å²) >= 11 is 0. The first-order valence-electron chi connectivity index (χ1n) is 9.75. The molecule has 0 saturated carbocycles. The summed E-state index contributed by atoms with van der Waals surface area (Å²) < 4.78 is 27.1. The molecule has 0 unspecified atom stereocenters. The number of sulfonamides is 1. The second-order valence-electron chi connectivity index (χ2n) is 7.59. The van der Waals surface area contributed by atoms with Crippen molar-refractivity contribution in [3.05, 3.63) is 53.7 Å². The topological polar surface area (TPSA) is 82.6 Å². The molecule has 0 radical (unpaired) electrons. The molecule has 0 bridgehead atoms. The number of hydrogen-bond acceptors (Lipinski definition) is 5. The van der Waals surface area contributed by atoms with E-state index < -0.39 is 10.0 Å². The van der Waals surface area contributed by atoms with Crippen LogP contribution in [0.5, 0.6) is 0 Å². The van der Waals surface area contributed by atoms with Crippen molar-refractivity contribution in [3.63, 3.8) is 0 Å². The molecular formula is C21H28N4O3S. The molecule has 1 N–H and O–H groups in total. The molecule has 1 amide bonds. The van der Waals surface area contributed by atoms with Gasteiger partial charge in [-0.1, -0.05) is 23.8 Å². The average molecular weight is 417 g/mol. The minimum absolute atomic E-state index is 0.0362. The van der Waals surface area contributed by atoms with Crippen molar-refractivity contribution in [1.29, 1.82) is 0 Å². The van der Waals surface area contributed by atoms with Crippen LogP contribution >= 0.6 is 0 Å². The smallest absolute Gasteiger partial charge is 0.243 e. The highest BCUT2D eigenvalue weighted by Crippen LogP contribution is 2.24. The summed E-state index contributed by atoms with van der Waals surface area (Å²) in [6.07, 6.45) is 2.76. The van der Waals surface area contributed by atoms with E-state index >= 15 is 0 Å². The van der Waals surface area contributed by atoms with Crippen molar-refractivity contribution in [2.24, 2.45) is 5.92 Å². The maximum Gasteiger partial charge on any atom is 0.243 e. The third-order valence-electron chi connectivity index (χ3n) is 5.23. The number of hydrogen-bond donors (Lipinski definition) is 1. The largest absolute Gasteiger partial charge is 0.362 e. The quantitative estimate of drug-likeness (QED) is 0.780. The maximum absolute atomic E-state index is 12.8. The Hall–Kier alpha value is -2.45. The fourth-order valence-corrected chi connectivity index (χ4v) is 4.98. The second-order valence-corrected chi connectivity index (χ2v) is 9.53. The normalized spacial score (nSPS) is 15.8. The summed E-state index contributed by atoms with van der Waals surface area (Å²) in [6, 6.07) is 10.7. The molecule has 2 aromatic rings. The number of nitrogens with one attached hydrogen (secondary N) is 1. The minimum atomic E-state index is -3.51. The number of piperidine rings is 1. The standard InChI is InChI=1S/C21H28N4O3S/c1-16-6-8-19(9-7-16)29(27,28)25-13-10-17(11-14-25)21(26)23-15-18-5-4-12-22-20(18)24(2)3/h4-9,12,17H,10-11,13-15H2,1-3H3,(H,23,26). The molecule has 7 nitrogen and oxygen atoms in total. The molecule has 1 aromatic heterocycles. The Morgan fingerprint density at radius 3 is 2.45 bits per heavy atom. The van der Waals surface area contributed by atoms with Crippen LogP contribution in [0.1, 0.15) is 24.0 Å². The van der Waals surface area contributed by atoms with Crippen molar-refractivity contribution in [2.45, 2.75) is 31.2 Å². The first-order chi connectivity index (χ1) is 13.8. The van der Waals surface area contributed by atoms with E-state index in [2.05, 4.69) is 10.3 Å². The Morgan fingerprint density at radius 1 is 1.17 bits per heavy atom. The zero-order chi connectivity index (χ0) is 21.0. The second kappa shape index (κ2) is 8.92. The lowest BCUT2D eigenvalue weighted by atomic mass is 9.97. The van der Waals surface area contributed by atoms with Crippen LogP contribution in [-0.4, -0.2) is 50.8 Å². The molecule has 3 rings (SSSR count). The van der Waals surface area contributed by atoms with Crippen LogP contribution in [0.4, 0.5) is 5.82 Å². The van der Waals surface area contributed by atoms with Gasteiger partial charge in [0.15, 0.2) is 0 Å². The van der Waals surface area contributed by atoms with Crippen LogP contribution in [-0.2, 0) is 21.4 Å². The lowest BCUT2D eigenvalue weighted by Gasteiger charge is -2.30. The van der Waals surface area contributed by atoms with Crippen molar-refractivity contribution < 1.29 is 13.2 Å². The minimum Gasteiger partial charge on any atom is -0.362 e. The molecule has 1 aromatic carbocycles. The van der Waals surface area contributed by atoms with Crippen molar-refractivity contribution >= 4 is 21.7 Å². The number of amides is 1. The summed E-state index contributed by atoms with van der Waals surface area (Å²) in [5.74, 6) is 0.608. The van der Waals surface area contributed by atoms with Gasteiger partial charge in [-0.25, -0.2) is 13.4 Å². The van der Waals surface area contributed by atoms with Crippen LogP contribution in [0.3, 0.4) is 0 Å². The molecule has 29 heavy (non-hydrogen) atoms. The number of pyridine rings is 1. The molecule has 0 spiro atoms. The van der Waals surface area contributed by atoms with E-state index in [1.54, 1.807) is 30.5 Å². The van der Waals surface area contributed by atoms with Crippen molar-refractivity contribution in [2.75, 3.05) is 32.1 Å². The van der Waals surface area contributed by atoms with E-state index in [0.29, 0.717) is 37.4 Å². The van der Waals surface area contributed by atoms with Gasteiger partial charge in [0.1, 0.15) is 5.82 Å². The van der Waals surface area contributed by atoms with E-state index in [4.69, 9.17) is 0 Å². The summed E-state index contributed by atoms with van der Waals surface area (Å²) in [5.41, 5.74) is 1.97. The number of carbonyl (C=O) groups excluding carboxylic acids is 1. The number of carbonyl (C=O) groups is 1. The average Bonchev–Trinajstić information content (AvgIpc) is 2.72. The van der Waals surface area contributed by atoms with E-state index in [1.807, 2.05) is 38.1 Å². The first-order valence-corrected chi connectivity index (χ1v) is 11.2. The Morgan fingerprint density at radius 2 is 1.83 bits per heavy atom. The highest BCUT2D eigenvalue weighted by atomic mass is 32.2. The summed E-state index contributed by atoms with van der Waals surface area (Å²) in [7, 11) is 0.319. The number of aromatic nitrogens is 1. The van der Waals surface area contributed by atoms with Crippen LogP contribution in [0.2, 0.25) is 0 Å². The molecular weight excluding hydrogens is 388 g/mol. The van der Waals surface area contributed by atoms with E-state index in [-0.39, 0.29) is 11.8 Å². The Kier molecular flexibility index (Phi) is 6.54. The van der Waals surface area contributed by atoms with Gasteiger partial charge < -0.3 is 10.2 Å². The van der Waals surface area contributed by atoms with E-state index in [1.165, 1.54) is 4.31 Å². The zero-order valence-electron chi connectivity index (χ0n) is 17.1. The maximum atomic E-state index is 12.8. The highest BCUT2D eigenvalue weighted by molar-refractivity contribution is 7.89. The molecule has 156 valence electrons. The van der Waals surface area contributed by atoms with Crippen LogP contribution in [0.15, 0.2) is 47.5 Å². The van der Waals surface area contributed by atoms with Gasteiger partial charge >= 0.3 is 0 Å². The number of benzene rings is 1. The Balaban J connectivity index is 1.56. The molecule has 2 heterocycles. The SMILES string of the molecule is Cc1ccc(S(=O)(=O)N2CCC(C(=O)NCc3cccnc3N(C)C)CC2)cc1. The Bertz CT molecular complexity index is 950. The summed E-state index contributed by atoms with van der Waals surface area (Å²) in [6.45, 7) is 3.03. The van der Waals surface area contributed by atoms with Gasteiger partial charge in [0.25, 0.3) is 0 Å². The molecule has 1 aliphatic rings. The lowest BCUT2D eigenvalue weighted by Crippen LogP contribution is -2.42. The molecule has 0 aliphatic carbocycles. The fraction of sp³-hybridized carbons (Fsp3) is 0.429. The zero-order valence-corrected chi connectivity index (χ0v) is 17.9. The fourth-order valence-electron chi connectivity index (χ4n) is 3.52. The van der Waals surface area contributed by atoms with Gasteiger partial charge in [-0.3, -0.25) is 4.79 Å².